The van der Waals surface area contributed by atoms with Gasteiger partial charge in [-0.15, -0.1) is 4.40 Å². The van der Waals surface area contributed by atoms with Gasteiger partial charge in [0.1, 0.15) is 4.90 Å². The molecule has 6 nitrogen and oxygen atoms in total. The molecule has 1 aliphatic heterocycles. The van der Waals surface area contributed by atoms with Gasteiger partial charge in [-0.1, -0.05) is 30.3 Å². The van der Waals surface area contributed by atoms with Crippen molar-refractivity contribution in [1.82, 2.24) is 0 Å². The molecule has 0 aliphatic carbocycles. The van der Waals surface area contributed by atoms with E-state index in [0.717, 1.165) is 6.07 Å². The van der Waals surface area contributed by atoms with Crippen molar-refractivity contribution in [3.05, 3.63) is 59.7 Å². The van der Waals surface area contributed by atoms with Crippen LogP contribution < -0.4 is 5.32 Å². The normalized spacial score (nSPS) is 15.5. The van der Waals surface area contributed by atoms with Gasteiger partial charge in [0, 0.05) is 5.56 Å². The molecule has 2 aromatic carbocycles. The van der Waals surface area contributed by atoms with E-state index in [0.29, 0.717) is 11.3 Å². The summed E-state index contributed by atoms with van der Waals surface area (Å²) in [7, 11) is -3.93. The second kappa shape index (κ2) is 4.71. The van der Waals surface area contributed by atoms with Crippen LogP contribution in [0.5, 0.6) is 0 Å². The molecule has 0 bridgehead atoms. The third kappa shape index (κ3) is 2.38. The van der Waals surface area contributed by atoms with Gasteiger partial charge in [-0.05, 0) is 18.2 Å². The van der Waals surface area contributed by atoms with Crippen LogP contribution in [0, 0.1) is 0 Å². The third-order valence-corrected chi connectivity index (χ3v) is 4.33. The first-order valence-electron chi connectivity index (χ1n) is 6.02. The van der Waals surface area contributed by atoms with E-state index in [1.54, 1.807) is 24.3 Å². The Bertz CT molecular complexity index is 858. The number of hydrogen-bond donors (Lipinski definition) is 2. The summed E-state index contributed by atoms with van der Waals surface area (Å²) in [5.74, 6) is -0.975. The molecule has 106 valence electrons. The molecule has 0 atom stereocenters. The third-order valence-electron chi connectivity index (χ3n) is 3.02. The topological polar surface area (TPSA) is 95.8 Å². The standard InChI is InChI=1S/C14H10N2O4S/c17-14(18)10-6-7-11-12(8-10)21(19,20)16-13(15-11)9-4-2-1-3-5-9/h1-8H,(H,15,16)(H,17,18). The molecule has 0 saturated carbocycles. The Labute approximate surface area is 120 Å². The van der Waals surface area contributed by atoms with Gasteiger partial charge in [0.15, 0.2) is 5.84 Å². The van der Waals surface area contributed by atoms with Gasteiger partial charge in [0.25, 0.3) is 10.0 Å². The van der Waals surface area contributed by atoms with Gasteiger partial charge in [0.2, 0.25) is 0 Å². The molecule has 7 heteroatoms. The Morgan fingerprint density at radius 2 is 1.81 bits per heavy atom. The van der Waals surface area contributed by atoms with Crippen molar-refractivity contribution in [1.29, 1.82) is 0 Å². The van der Waals surface area contributed by atoms with Crippen molar-refractivity contribution in [3.8, 4) is 0 Å². The number of carboxylic acids is 1. The highest BCUT2D eigenvalue weighted by molar-refractivity contribution is 7.90. The highest BCUT2D eigenvalue weighted by atomic mass is 32.2. The molecule has 0 radical (unpaired) electrons. The van der Waals surface area contributed by atoms with Crippen LogP contribution in [0.2, 0.25) is 0 Å². The van der Waals surface area contributed by atoms with E-state index in [-0.39, 0.29) is 16.3 Å². The average Bonchev–Trinajstić information content (AvgIpc) is 2.47. The van der Waals surface area contributed by atoms with Crippen LogP contribution >= 0.6 is 0 Å². The van der Waals surface area contributed by atoms with Crippen LogP contribution in [0.25, 0.3) is 0 Å². The quantitative estimate of drug-likeness (QED) is 0.884. The number of aromatic carboxylic acids is 1. The van der Waals surface area contributed by atoms with E-state index in [9.17, 15) is 13.2 Å². The summed E-state index contributed by atoms with van der Waals surface area (Å²) in [5.41, 5.74) is 0.848. The highest BCUT2D eigenvalue weighted by Gasteiger charge is 2.26. The fourth-order valence-corrected chi connectivity index (χ4v) is 3.18. The zero-order valence-electron chi connectivity index (χ0n) is 10.6. The van der Waals surface area contributed by atoms with Crippen molar-refractivity contribution in [3.63, 3.8) is 0 Å². The Morgan fingerprint density at radius 3 is 2.48 bits per heavy atom. The van der Waals surface area contributed by atoms with E-state index in [4.69, 9.17) is 5.11 Å². The molecule has 21 heavy (non-hydrogen) atoms. The maximum absolute atomic E-state index is 12.2. The van der Waals surface area contributed by atoms with E-state index in [2.05, 4.69) is 9.71 Å². The van der Waals surface area contributed by atoms with Gasteiger partial charge in [-0.3, -0.25) is 0 Å². The summed E-state index contributed by atoms with van der Waals surface area (Å²) >= 11 is 0. The number of anilines is 1. The minimum Gasteiger partial charge on any atom is -0.478 e. The smallest absolute Gasteiger partial charge is 0.335 e. The summed E-state index contributed by atoms with van der Waals surface area (Å²) in [6.07, 6.45) is 0. The first kappa shape index (κ1) is 13.3. The lowest BCUT2D eigenvalue weighted by Gasteiger charge is -2.18. The zero-order valence-corrected chi connectivity index (χ0v) is 11.5. The number of nitrogens with one attached hydrogen (secondary N) is 1. The van der Waals surface area contributed by atoms with E-state index >= 15 is 0 Å². The van der Waals surface area contributed by atoms with Gasteiger partial charge >= 0.3 is 5.97 Å². The summed E-state index contributed by atoms with van der Waals surface area (Å²) in [4.78, 5) is 10.8. The fraction of sp³-hybridized carbons (Fsp3) is 0. The molecule has 0 saturated heterocycles. The Morgan fingerprint density at radius 1 is 1.10 bits per heavy atom. The lowest BCUT2D eigenvalue weighted by molar-refractivity contribution is 0.0696. The van der Waals surface area contributed by atoms with E-state index < -0.39 is 16.0 Å². The van der Waals surface area contributed by atoms with Crippen LogP contribution in [0.3, 0.4) is 0 Å². The van der Waals surface area contributed by atoms with E-state index in [1.165, 1.54) is 12.1 Å². The number of carbonyl (C=O) groups is 1. The Hall–Kier alpha value is -2.67. The number of hydrogen-bond acceptors (Lipinski definition) is 4. The molecule has 0 unspecified atom stereocenters. The second-order valence-electron chi connectivity index (χ2n) is 4.42. The SMILES string of the molecule is O=C(O)c1ccc2c(c1)S(=O)(=O)N=C(c1ccccc1)N2. The van der Waals surface area contributed by atoms with Crippen LogP contribution in [0.15, 0.2) is 57.8 Å². The molecular formula is C14H10N2O4S. The van der Waals surface area contributed by atoms with Crippen molar-refractivity contribution < 1.29 is 18.3 Å². The highest BCUT2D eigenvalue weighted by Crippen LogP contribution is 2.29. The van der Waals surface area contributed by atoms with Crippen molar-refractivity contribution >= 4 is 27.5 Å². The molecule has 1 heterocycles. The predicted octanol–water partition coefficient (Wildman–Crippen LogP) is 1.95. The lowest BCUT2D eigenvalue weighted by Crippen LogP contribution is -2.22. The van der Waals surface area contributed by atoms with Gasteiger partial charge in [-0.2, -0.15) is 8.42 Å². The molecule has 3 rings (SSSR count). The van der Waals surface area contributed by atoms with Crippen LogP contribution in [0.4, 0.5) is 5.69 Å². The fourth-order valence-electron chi connectivity index (χ4n) is 2.01. The molecule has 0 aromatic heterocycles. The summed E-state index contributed by atoms with van der Waals surface area (Å²) in [6, 6.07) is 12.7. The van der Waals surface area contributed by atoms with Crippen molar-refractivity contribution in [2.24, 2.45) is 4.40 Å². The van der Waals surface area contributed by atoms with Gasteiger partial charge < -0.3 is 10.4 Å². The largest absolute Gasteiger partial charge is 0.478 e. The van der Waals surface area contributed by atoms with Gasteiger partial charge in [0.05, 0.1) is 11.3 Å². The molecule has 1 aliphatic rings. The van der Waals surface area contributed by atoms with Crippen molar-refractivity contribution in [2.45, 2.75) is 4.90 Å². The molecule has 0 fully saturated rings. The number of sulfonamides is 1. The average molecular weight is 302 g/mol. The molecule has 2 aromatic rings. The Kier molecular flexibility index (Phi) is 2.99. The maximum Gasteiger partial charge on any atom is 0.335 e. The van der Waals surface area contributed by atoms with Gasteiger partial charge in [-0.25, -0.2) is 4.79 Å². The minimum absolute atomic E-state index is 0.0995. The number of amidine groups is 1. The van der Waals surface area contributed by atoms with Crippen LogP contribution in [-0.2, 0) is 10.0 Å². The predicted molar refractivity (Wildman–Crippen MR) is 77.2 cm³/mol. The monoisotopic (exact) mass is 302 g/mol. The second-order valence-corrected chi connectivity index (χ2v) is 5.99. The van der Waals surface area contributed by atoms with E-state index in [1.807, 2.05) is 6.07 Å². The number of benzene rings is 2. The molecule has 2 N–H and O–H groups in total. The zero-order chi connectivity index (χ0) is 15.0. The molecular weight excluding hydrogens is 292 g/mol. The summed E-state index contributed by atoms with van der Waals surface area (Å²) < 4.78 is 28.1. The van der Waals surface area contributed by atoms with Crippen molar-refractivity contribution in [2.75, 3.05) is 5.32 Å². The number of rotatable bonds is 2. The summed E-state index contributed by atoms with van der Waals surface area (Å²) in [6.45, 7) is 0. The first-order valence-corrected chi connectivity index (χ1v) is 7.46. The first-order chi connectivity index (χ1) is 9.97. The number of fused-ring (bicyclic) bond motifs is 1. The lowest BCUT2D eigenvalue weighted by atomic mass is 10.1. The number of nitrogens with zero attached hydrogens (tertiary/aromatic N) is 1. The summed E-state index contributed by atoms with van der Waals surface area (Å²) in [5, 5.41) is 11.8. The number of carboxylic acid groups (broad SMARTS) is 1. The Balaban J connectivity index is 2.13. The maximum atomic E-state index is 12.2. The molecule has 0 spiro atoms. The van der Waals surface area contributed by atoms with Crippen LogP contribution in [-0.4, -0.2) is 25.3 Å². The minimum atomic E-state index is -3.93. The van der Waals surface area contributed by atoms with Crippen LogP contribution in [0.1, 0.15) is 15.9 Å². The molecule has 0 amide bonds.